The molecular weight excluding hydrogens is 378 g/mol. The lowest BCUT2D eigenvalue weighted by Crippen LogP contribution is -3.11. The summed E-state index contributed by atoms with van der Waals surface area (Å²) < 4.78 is 5.28. The molecule has 0 amide bonds. The summed E-state index contributed by atoms with van der Waals surface area (Å²) in [6.07, 6.45) is 1.40. The molecule has 0 atom stereocenters. The Balaban J connectivity index is 0.00000338. The number of aromatic nitrogens is 1. The first kappa shape index (κ1) is 21.9. The second kappa shape index (κ2) is 10.7. The van der Waals surface area contributed by atoms with E-state index in [0.717, 1.165) is 31.0 Å². The minimum atomic E-state index is -0.358. The predicted octanol–water partition coefficient (Wildman–Crippen LogP) is -2.02. The highest BCUT2D eigenvalue weighted by molar-refractivity contribution is 7.11. The quantitative estimate of drug-likeness (QED) is 0.352. The molecule has 9 heteroatoms. The number of esters is 1. The average Bonchev–Trinajstić information content (AvgIpc) is 2.94. The summed E-state index contributed by atoms with van der Waals surface area (Å²) in [5, 5.41) is 9.48. The fourth-order valence-corrected chi connectivity index (χ4v) is 2.81. The number of H-pyrrole nitrogens is 1. The predicted molar refractivity (Wildman–Crippen MR) is 97.5 cm³/mol. The summed E-state index contributed by atoms with van der Waals surface area (Å²) in [6.45, 7) is 7.40. The Bertz CT molecular complexity index is 782. The first-order chi connectivity index (χ1) is 12.0. The number of ether oxygens (including phenoxy) is 1. The number of nitrogens with zero attached hydrogens (tertiary/aromatic N) is 1. The lowest BCUT2D eigenvalue weighted by Gasteiger charge is -2.14. The van der Waals surface area contributed by atoms with Gasteiger partial charge in [0.2, 0.25) is 5.88 Å². The van der Waals surface area contributed by atoms with E-state index in [1.54, 1.807) is 24.3 Å². The van der Waals surface area contributed by atoms with Crippen LogP contribution >= 0.6 is 11.3 Å². The van der Waals surface area contributed by atoms with Crippen molar-refractivity contribution in [3.8, 4) is 5.88 Å². The zero-order valence-electron chi connectivity index (χ0n) is 14.6. The number of quaternary nitrogens is 1. The van der Waals surface area contributed by atoms with Gasteiger partial charge in [0, 0.05) is 0 Å². The second-order valence-corrected chi connectivity index (χ2v) is 6.39. The topological polar surface area (TPSA) is 96.2 Å². The Kier molecular flexibility index (Phi) is 9.04. The van der Waals surface area contributed by atoms with Gasteiger partial charge in [0.15, 0.2) is 0 Å². The Morgan fingerprint density at radius 2 is 1.96 bits per heavy atom. The number of carbonyl (C=O) groups excluding carboxylic acids is 1. The van der Waals surface area contributed by atoms with Gasteiger partial charge in [-0.3, -0.25) is 14.8 Å². The van der Waals surface area contributed by atoms with Crippen molar-refractivity contribution in [1.82, 2.24) is 4.98 Å². The molecule has 0 bridgehead atoms. The summed E-state index contributed by atoms with van der Waals surface area (Å²) in [6, 6.07) is 6.63. The summed E-state index contributed by atoms with van der Waals surface area (Å²) in [5.74, 6) is -0.558. The first-order valence-corrected chi connectivity index (χ1v) is 8.92. The van der Waals surface area contributed by atoms with E-state index in [1.807, 2.05) is 0 Å². The van der Waals surface area contributed by atoms with Crippen molar-refractivity contribution < 1.29 is 31.9 Å². The Morgan fingerprint density at radius 1 is 1.31 bits per heavy atom. The maximum Gasteiger partial charge on any atom is 0.338 e. The number of likely N-dealkylation sites (N-methyl/N-ethyl adjacent to an activating group) is 1. The number of thiazole rings is 1. The fraction of sp³-hybridized carbons (Fsp3) is 0.353. The molecular formula is C17H22ClN3O4S. The number of nitrogens with one attached hydrogen (secondary N) is 2. The number of hydrogen-bond acceptors (Lipinski definition) is 6. The van der Waals surface area contributed by atoms with Crippen LogP contribution in [-0.4, -0.2) is 48.5 Å². The van der Waals surface area contributed by atoms with Crippen LogP contribution in [0.25, 0.3) is 0 Å². The van der Waals surface area contributed by atoms with Gasteiger partial charge < -0.3 is 27.2 Å². The van der Waals surface area contributed by atoms with Crippen LogP contribution in [0.5, 0.6) is 5.88 Å². The molecule has 7 nitrogen and oxygen atoms in total. The van der Waals surface area contributed by atoms with E-state index in [0.29, 0.717) is 22.7 Å². The van der Waals surface area contributed by atoms with Crippen LogP contribution in [0.1, 0.15) is 29.1 Å². The number of carbonyl (C=O) groups is 1. The first-order valence-electron chi connectivity index (χ1n) is 8.10. The molecule has 0 aliphatic heterocycles. The van der Waals surface area contributed by atoms with E-state index in [2.05, 4.69) is 23.8 Å². The van der Waals surface area contributed by atoms with Crippen molar-refractivity contribution in [3.05, 3.63) is 44.4 Å². The second-order valence-electron chi connectivity index (χ2n) is 5.38. The molecule has 3 N–H and O–H groups in total. The minimum Gasteiger partial charge on any atom is -1.00 e. The molecule has 2 aromatic rings. The normalized spacial score (nSPS) is 10.9. The maximum atomic E-state index is 12.0. The monoisotopic (exact) mass is 399 g/mol. The van der Waals surface area contributed by atoms with Crippen LogP contribution in [0.3, 0.4) is 0 Å². The van der Waals surface area contributed by atoms with Gasteiger partial charge in [0.05, 0.1) is 30.6 Å². The van der Waals surface area contributed by atoms with Gasteiger partial charge in [-0.1, -0.05) is 11.3 Å². The maximum absolute atomic E-state index is 12.0. The van der Waals surface area contributed by atoms with Crippen LogP contribution in [0.15, 0.2) is 34.1 Å². The number of benzene rings is 1. The summed E-state index contributed by atoms with van der Waals surface area (Å²) in [4.78, 5) is 30.9. The number of aliphatic imine (C=N–C) groups is 1. The molecule has 0 radical (unpaired) electrons. The van der Waals surface area contributed by atoms with E-state index in [1.165, 1.54) is 11.1 Å². The van der Waals surface area contributed by atoms with E-state index in [9.17, 15) is 14.7 Å². The third kappa shape index (κ3) is 6.29. The fourth-order valence-electron chi connectivity index (χ4n) is 2.21. The molecule has 0 saturated heterocycles. The summed E-state index contributed by atoms with van der Waals surface area (Å²) in [5.41, 5.74) is 1.06. The van der Waals surface area contributed by atoms with Crippen LogP contribution in [0, 0.1) is 0 Å². The van der Waals surface area contributed by atoms with Gasteiger partial charge in [0.1, 0.15) is 18.0 Å². The van der Waals surface area contributed by atoms with Crippen molar-refractivity contribution >= 4 is 29.2 Å². The van der Waals surface area contributed by atoms with E-state index >= 15 is 0 Å². The summed E-state index contributed by atoms with van der Waals surface area (Å²) >= 11 is 0.870. The minimum absolute atomic E-state index is 0. The van der Waals surface area contributed by atoms with Gasteiger partial charge >= 0.3 is 10.8 Å². The van der Waals surface area contributed by atoms with Gasteiger partial charge in [-0.05, 0) is 38.1 Å². The molecule has 0 saturated carbocycles. The molecule has 0 spiro atoms. The molecule has 142 valence electrons. The molecule has 1 heterocycles. The van der Waals surface area contributed by atoms with E-state index < -0.39 is 0 Å². The zero-order valence-corrected chi connectivity index (χ0v) is 16.2. The lowest BCUT2D eigenvalue weighted by molar-refractivity contribution is -0.896. The molecule has 26 heavy (non-hydrogen) atoms. The van der Waals surface area contributed by atoms with Crippen molar-refractivity contribution in [1.29, 1.82) is 0 Å². The van der Waals surface area contributed by atoms with E-state index in [-0.39, 0.29) is 29.1 Å². The van der Waals surface area contributed by atoms with Crippen LogP contribution in [0.4, 0.5) is 5.69 Å². The highest BCUT2D eigenvalue weighted by Gasteiger charge is 2.09. The van der Waals surface area contributed by atoms with Crippen LogP contribution in [-0.2, 0) is 4.74 Å². The van der Waals surface area contributed by atoms with Crippen LogP contribution in [0.2, 0.25) is 0 Å². The van der Waals surface area contributed by atoms with Gasteiger partial charge in [-0.25, -0.2) is 4.79 Å². The molecule has 0 unspecified atom stereocenters. The zero-order chi connectivity index (χ0) is 18.2. The van der Waals surface area contributed by atoms with Gasteiger partial charge in [-0.2, -0.15) is 0 Å². The number of rotatable bonds is 8. The molecule has 0 fully saturated rings. The Hall–Kier alpha value is -2.16. The number of halogens is 1. The van der Waals surface area contributed by atoms with Gasteiger partial charge in [-0.15, -0.1) is 0 Å². The third-order valence-corrected chi connectivity index (χ3v) is 4.59. The Morgan fingerprint density at radius 3 is 2.50 bits per heavy atom. The smallest absolute Gasteiger partial charge is 0.338 e. The largest absolute Gasteiger partial charge is 1.00 e. The highest BCUT2D eigenvalue weighted by atomic mass is 35.5. The van der Waals surface area contributed by atoms with Crippen molar-refractivity contribution in [2.75, 3.05) is 26.2 Å². The standard InChI is InChI=1S/C17H21N3O4S.ClH/c1-3-20(4-2)9-10-24-16(22)12-5-7-13(8-6-12)18-11-14-15(21)19-17(23)25-14;/h5-8,11,21H,3-4,9-10H2,1-2H3,(H,19,23);1H. The Labute approximate surface area is 161 Å². The average molecular weight is 400 g/mol. The molecule has 0 aliphatic rings. The number of aromatic amines is 1. The van der Waals surface area contributed by atoms with Gasteiger partial charge in [0.25, 0.3) is 0 Å². The summed E-state index contributed by atoms with van der Waals surface area (Å²) in [7, 11) is 0. The number of aromatic hydroxyl groups is 1. The third-order valence-electron chi connectivity index (χ3n) is 3.78. The molecule has 2 rings (SSSR count). The van der Waals surface area contributed by atoms with Crippen molar-refractivity contribution in [2.24, 2.45) is 4.99 Å². The molecule has 1 aromatic carbocycles. The molecule has 0 aliphatic carbocycles. The molecule has 1 aromatic heterocycles. The van der Waals surface area contributed by atoms with Crippen molar-refractivity contribution in [2.45, 2.75) is 13.8 Å². The van der Waals surface area contributed by atoms with Crippen LogP contribution < -0.4 is 22.2 Å². The highest BCUT2D eigenvalue weighted by Crippen LogP contribution is 2.17. The lowest BCUT2D eigenvalue weighted by atomic mass is 10.2. The van der Waals surface area contributed by atoms with Crippen molar-refractivity contribution in [3.63, 3.8) is 0 Å². The van der Waals surface area contributed by atoms with E-state index in [4.69, 9.17) is 4.74 Å². The number of hydrogen-bond donors (Lipinski definition) is 3. The SMILES string of the molecule is CC[NH+](CC)CCOC(=O)c1ccc(N=Cc2sc(=O)[nH]c2O)cc1.[Cl-].